The fourth-order valence-corrected chi connectivity index (χ4v) is 2.97. The molecule has 0 aromatic heterocycles. The van der Waals surface area contributed by atoms with Crippen molar-refractivity contribution >= 4 is 30.9 Å². The summed E-state index contributed by atoms with van der Waals surface area (Å²) in [5.41, 5.74) is 0. The van der Waals surface area contributed by atoms with Gasteiger partial charge in [-0.25, -0.2) is 13.6 Å². The minimum atomic E-state index is -4.30. The van der Waals surface area contributed by atoms with Crippen LogP contribution in [0.4, 0.5) is 0 Å². The summed E-state index contributed by atoms with van der Waals surface area (Å²) in [5.74, 6) is 0.323. The summed E-state index contributed by atoms with van der Waals surface area (Å²) in [6.45, 7) is 0. The van der Waals surface area contributed by atoms with Gasteiger partial charge < -0.3 is 5.11 Å². The molecular weight excluding hydrogens is 366 g/mol. The molecule has 0 radical (unpaired) electrons. The van der Waals surface area contributed by atoms with Crippen LogP contribution in [0.5, 0.6) is 5.75 Å². The number of nitrogens with two attached hydrogens (primary N) is 1. The molecule has 3 aromatic carbocycles. The summed E-state index contributed by atoms with van der Waals surface area (Å²) >= 11 is 0. The molecule has 0 saturated heterocycles. The highest BCUT2D eigenvalue weighted by Crippen LogP contribution is 2.18. The van der Waals surface area contributed by atoms with E-state index < -0.39 is 20.1 Å². The van der Waals surface area contributed by atoms with E-state index >= 15 is 0 Å². The maximum Gasteiger partial charge on any atom is 0.294 e. The number of benzene rings is 3. The summed E-state index contributed by atoms with van der Waals surface area (Å²) in [7, 11) is -8.14. The molecule has 0 aliphatic heterocycles. The molecule has 0 aliphatic rings. The van der Waals surface area contributed by atoms with E-state index in [-0.39, 0.29) is 9.79 Å². The fraction of sp³-hybridized carbons (Fsp3) is 0. The van der Waals surface area contributed by atoms with E-state index in [2.05, 4.69) is 0 Å². The molecule has 25 heavy (non-hydrogen) atoms. The quantitative estimate of drug-likeness (QED) is 0.582. The van der Waals surface area contributed by atoms with Crippen molar-refractivity contribution < 1.29 is 26.5 Å². The van der Waals surface area contributed by atoms with Crippen LogP contribution >= 0.6 is 0 Å². The average Bonchev–Trinajstić information content (AvgIpc) is 2.54. The molecule has 3 rings (SSSR count). The molecule has 0 bridgehead atoms. The normalized spacial score (nSPS) is 11.6. The van der Waals surface area contributed by atoms with Crippen molar-refractivity contribution in [1.29, 1.82) is 0 Å². The van der Waals surface area contributed by atoms with Gasteiger partial charge in [-0.3, -0.25) is 4.55 Å². The van der Waals surface area contributed by atoms with Crippen LogP contribution < -0.4 is 5.14 Å². The molecule has 0 atom stereocenters. The van der Waals surface area contributed by atoms with Gasteiger partial charge in [0.15, 0.2) is 0 Å². The Balaban J connectivity index is 0.000000185. The molecule has 0 saturated carbocycles. The topological polar surface area (TPSA) is 135 Å². The maximum atomic E-state index is 10.8. The number of fused-ring (bicyclic) bond motifs is 1. The van der Waals surface area contributed by atoms with E-state index in [9.17, 15) is 16.8 Å². The molecule has 4 N–H and O–H groups in total. The van der Waals surface area contributed by atoms with Gasteiger partial charge in [0.1, 0.15) is 5.75 Å². The van der Waals surface area contributed by atoms with Gasteiger partial charge >= 0.3 is 0 Å². The average molecular weight is 381 g/mol. The number of sulfonamides is 1. The zero-order chi connectivity index (χ0) is 18.7. The molecule has 132 valence electrons. The number of hydrogen-bond acceptors (Lipinski definition) is 5. The SMILES string of the molecule is NS(=O)(=O)c1ccc(S(=O)(=O)O)cc1.Oc1ccc2ccccc2c1. The standard InChI is InChI=1S/C10H8O.C6H7NO5S2/c11-10-6-5-8-3-1-2-4-9(8)7-10;7-13(8,9)5-1-3-6(4-2-5)14(10,11)12/h1-7,11H;1-4H,(H2,7,8,9)(H,10,11,12). The number of aromatic hydroxyl groups is 1. The van der Waals surface area contributed by atoms with E-state index in [1.807, 2.05) is 30.3 Å². The predicted molar refractivity (Wildman–Crippen MR) is 93.2 cm³/mol. The van der Waals surface area contributed by atoms with Crippen LogP contribution in [0, 0.1) is 0 Å². The van der Waals surface area contributed by atoms with Gasteiger partial charge in [0, 0.05) is 0 Å². The molecule has 0 spiro atoms. The number of phenolic OH excluding ortho intramolecular Hbond substituents is 1. The van der Waals surface area contributed by atoms with Crippen LogP contribution in [0.15, 0.2) is 76.5 Å². The van der Waals surface area contributed by atoms with Crippen LogP contribution in [-0.4, -0.2) is 26.5 Å². The van der Waals surface area contributed by atoms with Gasteiger partial charge in [0.2, 0.25) is 10.0 Å². The van der Waals surface area contributed by atoms with Crippen molar-refractivity contribution in [1.82, 2.24) is 0 Å². The highest BCUT2D eigenvalue weighted by molar-refractivity contribution is 7.89. The van der Waals surface area contributed by atoms with E-state index in [4.69, 9.17) is 14.8 Å². The summed E-state index contributed by atoms with van der Waals surface area (Å²) in [6.07, 6.45) is 0. The first kappa shape index (κ1) is 18.9. The summed E-state index contributed by atoms with van der Waals surface area (Å²) in [5, 5.41) is 16.1. The molecule has 0 unspecified atom stereocenters. The van der Waals surface area contributed by atoms with Crippen LogP contribution in [0.3, 0.4) is 0 Å². The lowest BCUT2D eigenvalue weighted by Crippen LogP contribution is -2.12. The third kappa shape index (κ3) is 5.26. The van der Waals surface area contributed by atoms with E-state index in [1.165, 1.54) is 0 Å². The van der Waals surface area contributed by atoms with E-state index in [0.29, 0.717) is 5.75 Å². The van der Waals surface area contributed by atoms with Crippen LogP contribution in [-0.2, 0) is 20.1 Å². The Hall–Kier alpha value is -2.46. The van der Waals surface area contributed by atoms with Crippen molar-refractivity contribution in [3.63, 3.8) is 0 Å². The van der Waals surface area contributed by atoms with Crippen LogP contribution in [0.1, 0.15) is 0 Å². The molecule has 7 nitrogen and oxygen atoms in total. The molecule has 3 aromatic rings. The molecule has 9 heteroatoms. The number of rotatable bonds is 2. The smallest absolute Gasteiger partial charge is 0.294 e. The first-order valence-corrected chi connectivity index (χ1v) is 9.84. The van der Waals surface area contributed by atoms with Gasteiger partial charge in [0.25, 0.3) is 10.1 Å². The largest absolute Gasteiger partial charge is 0.508 e. The van der Waals surface area contributed by atoms with Crippen LogP contribution in [0.2, 0.25) is 0 Å². The first-order valence-electron chi connectivity index (χ1n) is 6.85. The Labute approximate surface area is 145 Å². The van der Waals surface area contributed by atoms with Crippen molar-refractivity contribution in [2.24, 2.45) is 5.14 Å². The molecule has 0 heterocycles. The van der Waals surface area contributed by atoms with Crippen molar-refractivity contribution in [3.05, 3.63) is 66.7 Å². The van der Waals surface area contributed by atoms with Gasteiger partial charge in [0.05, 0.1) is 9.79 Å². The van der Waals surface area contributed by atoms with Gasteiger partial charge in [-0.1, -0.05) is 30.3 Å². The van der Waals surface area contributed by atoms with E-state index in [0.717, 1.165) is 35.0 Å². The van der Waals surface area contributed by atoms with Gasteiger partial charge in [-0.05, 0) is 47.2 Å². The third-order valence-corrected chi connectivity index (χ3v) is 4.98. The number of hydrogen-bond donors (Lipinski definition) is 3. The van der Waals surface area contributed by atoms with Crippen LogP contribution in [0.25, 0.3) is 10.8 Å². The molecular formula is C16H15NO6S2. The van der Waals surface area contributed by atoms with Crippen molar-refractivity contribution in [2.75, 3.05) is 0 Å². The van der Waals surface area contributed by atoms with Gasteiger partial charge in [-0.2, -0.15) is 8.42 Å². The number of primary sulfonamides is 1. The monoisotopic (exact) mass is 381 g/mol. The second-order valence-electron chi connectivity index (χ2n) is 5.02. The van der Waals surface area contributed by atoms with Crippen molar-refractivity contribution in [3.8, 4) is 5.75 Å². The summed E-state index contributed by atoms with van der Waals surface area (Å²) in [4.78, 5) is -0.602. The zero-order valence-corrected chi connectivity index (χ0v) is 14.4. The second kappa shape index (κ2) is 7.19. The minimum absolute atomic E-state index is 0.218. The maximum absolute atomic E-state index is 10.8. The number of phenols is 1. The first-order chi connectivity index (χ1) is 11.6. The zero-order valence-electron chi connectivity index (χ0n) is 12.8. The predicted octanol–water partition coefficient (Wildman–Crippen LogP) is 2.13. The lowest BCUT2D eigenvalue weighted by atomic mass is 10.1. The van der Waals surface area contributed by atoms with Crippen molar-refractivity contribution in [2.45, 2.75) is 9.79 Å². The highest BCUT2D eigenvalue weighted by Gasteiger charge is 2.12. The summed E-state index contributed by atoms with van der Waals surface area (Å²) in [6, 6.07) is 17.2. The highest BCUT2D eigenvalue weighted by atomic mass is 32.2. The minimum Gasteiger partial charge on any atom is -0.508 e. The Morgan fingerprint density at radius 2 is 1.24 bits per heavy atom. The molecule has 0 amide bonds. The second-order valence-corrected chi connectivity index (χ2v) is 8.01. The Morgan fingerprint density at radius 3 is 1.76 bits per heavy atom. The van der Waals surface area contributed by atoms with E-state index in [1.54, 1.807) is 12.1 Å². The summed E-state index contributed by atoms with van der Waals surface area (Å²) < 4.78 is 51.2. The lowest BCUT2D eigenvalue weighted by Gasteiger charge is -1.99. The molecule has 0 aliphatic carbocycles. The lowest BCUT2D eigenvalue weighted by molar-refractivity contribution is 0.476. The molecule has 0 fully saturated rings. The Bertz CT molecular complexity index is 1040. The Kier molecular flexibility index (Phi) is 5.43. The third-order valence-electron chi connectivity index (χ3n) is 3.18. The van der Waals surface area contributed by atoms with Gasteiger partial charge in [-0.15, -0.1) is 0 Å². The fourth-order valence-electron chi connectivity index (χ4n) is 1.98. The Morgan fingerprint density at radius 1 is 0.720 bits per heavy atom.